The third-order valence-electron chi connectivity index (χ3n) is 2.46. The molecule has 0 aliphatic carbocycles. The van der Waals surface area contributed by atoms with Crippen molar-refractivity contribution in [2.45, 2.75) is 33.4 Å². The van der Waals surface area contributed by atoms with Crippen LogP contribution >= 0.6 is 11.3 Å². The van der Waals surface area contributed by atoms with Crippen LogP contribution in [0.5, 0.6) is 16.7 Å². The lowest BCUT2D eigenvalue weighted by Gasteiger charge is -2.08. The van der Waals surface area contributed by atoms with E-state index in [0.29, 0.717) is 35.9 Å². The van der Waals surface area contributed by atoms with Crippen molar-refractivity contribution >= 4 is 11.3 Å². The molecule has 0 saturated carbocycles. The van der Waals surface area contributed by atoms with Crippen LogP contribution < -0.4 is 14.8 Å². The molecule has 0 atom stereocenters. The van der Waals surface area contributed by atoms with Gasteiger partial charge in [0.2, 0.25) is 0 Å². The van der Waals surface area contributed by atoms with E-state index < -0.39 is 0 Å². The Balaban J connectivity index is 2.03. The number of nitrogens with zero attached hydrogens (tertiary/aromatic N) is 2. The van der Waals surface area contributed by atoms with E-state index in [2.05, 4.69) is 29.4 Å². The van der Waals surface area contributed by atoms with E-state index >= 15 is 0 Å². The number of ether oxygens (including phenoxy) is 2. The van der Waals surface area contributed by atoms with Crippen molar-refractivity contribution in [3.8, 4) is 16.7 Å². The van der Waals surface area contributed by atoms with Gasteiger partial charge in [-0.15, -0.1) is 5.10 Å². The Morgan fingerprint density at radius 3 is 2.65 bits per heavy atom. The minimum Gasteiger partial charge on any atom is -0.490 e. The number of hydrogen-bond donors (Lipinski definition) is 1. The van der Waals surface area contributed by atoms with E-state index in [0.717, 1.165) is 5.01 Å². The number of aromatic nitrogens is 2. The third kappa shape index (κ3) is 4.18. The van der Waals surface area contributed by atoms with Gasteiger partial charge in [0, 0.05) is 6.04 Å². The van der Waals surface area contributed by atoms with Crippen molar-refractivity contribution in [1.29, 1.82) is 0 Å². The second-order valence-electron chi connectivity index (χ2n) is 4.48. The molecule has 0 spiro atoms. The Bertz CT molecular complexity index is 543. The molecule has 108 valence electrons. The van der Waals surface area contributed by atoms with Crippen LogP contribution in [0.15, 0.2) is 24.3 Å². The minimum atomic E-state index is 0.418. The summed E-state index contributed by atoms with van der Waals surface area (Å²) in [7, 11) is 0. The zero-order chi connectivity index (χ0) is 14.4. The van der Waals surface area contributed by atoms with Crippen LogP contribution in [0.3, 0.4) is 0 Å². The van der Waals surface area contributed by atoms with Gasteiger partial charge in [0.15, 0.2) is 11.5 Å². The molecular formula is C14H19N3O2S. The highest BCUT2D eigenvalue weighted by molar-refractivity contribution is 7.13. The maximum Gasteiger partial charge on any atom is 0.299 e. The van der Waals surface area contributed by atoms with Gasteiger partial charge < -0.3 is 14.8 Å². The summed E-state index contributed by atoms with van der Waals surface area (Å²) in [5.74, 6) is 1.38. The summed E-state index contributed by atoms with van der Waals surface area (Å²) in [6.45, 7) is 7.43. The number of hydrogen-bond acceptors (Lipinski definition) is 6. The molecule has 2 aromatic rings. The molecule has 0 bridgehead atoms. The Morgan fingerprint density at radius 1 is 1.20 bits per heavy atom. The molecule has 20 heavy (non-hydrogen) atoms. The van der Waals surface area contributed by atoms with Crippen molar-refractivity contribution in [2.75, 3.05) is 6.61 Å². The maximum atomic E-state index is 5.74. The lowest BCUT2D eigenvalue weighted by Crippen LogP contribution is -2.21. The van der Waals surface area contributed by atoms with E-state index in [9.17, 15) is 0 Å². The van der Waals surface area contributed by atoms with Gasteiger partial charge in [0.1, 0.15) is 5.01 Å². The van der Waals surface area contributed by atoms with Crippen molar-refractivity contribution in [2.24, 2.45) is 0 Å². The second kappa shape index (κ2) is 7.21. The largest absolute Gasteiger partial charge is 0.490 e. The van der Waals surface area contributed by atoms with Gasteiger partial charge in [0.05, 0.1) is 13.2 Å². The van der Waals surface area contributed by atoms with Crippen LogP contribution in [-0.2, 0) is 6.54 Å². The summed E-state index contributed by atoms with van der Waals surface area (Å²) in [5, 5.41) is 12.9. The normalized spacial score (nSPS) is 10.8. The molecule has 1 aromatic carbocycles. The van der Waals surface area contributed by atoms with Crippen molar-refractivity contribution in [1.82, 2.24) is 15.5 Å². The molecule has 0 radical (unpaired) electrons. The van der Waals surface area contributed by atoms with E-state index in [1.807, 2.05) is 31.2 Å². The van der Waals surface area contributed by atoms with Crippen LogP contribution in [0, 0.1) is 0 Å². The Morgan fingerprint density at radius 2 is 1.95 bits per heavy atom. The fourth-order valence-electron chi connectivity index (χ4n) is 1.55. The first-order chi connectivity index (χ1) is 9.69. The maximum absolute atomic E-state index is 5.74. The van der Waals surface area contributed by atoms with Crippen molar-refractivity contribution in [3.63, 3.8) is 0 Å². The van der Waals surface area contributed by atoms with Gasteiger partial charge in [-0.3, -0.25) is 0 Å². The van der Waals surface area contributed by atoms with Gasteiger partial charge >= 0.3 is 0 Å². The minimum absolute atomic E-state index is 0.418. The Labute approximate surface area is 123 Å². The molecule has 0 amide bonds. The molecule has 2 rings (SSSR count). The average molecular weight is 293 g/mol. The molecule has 1 heterocycles. The van der Waals surface area contributed by atoms with Crippen LogP contribution in [0.25, 0.3) is 0 Å². The highest BCUT2D eigenvalue weighted by Crippen LogP contribution is 2.32. The van der Waals surface area contributed by atoms with Gasteiger partial charge in [-0.25, -0.2) is 0 Å². The monoisotopic (exact) mass is 293 g/mol. The number of rotatable bonds is 7. The van der Waals surface area contributed by atoms with Crippen molar-refractivity contribution in [3.05, 3.63) is 29.3 Å². The van der Waals surface area contributed by atoms with Gasteiger partial charge in [-0.1, -0.05) is 42.4 Å². The smallest absolute Gasteiger partial charge is 0.299 e. The van der Waals surface area contributed by atoms with Crippen molar-refractivity contribution < 1.29 is 9.47 Å². The fourth-order valence-corrected chi connectivity index (χ4v) is 2.20. The van der Waals surface area contributed by atoms with E-state index in [4.69, 9.17) is 9.47 Å². The van der Waals surface area contributed by atoms with E-state index in [-0.39, 0.29) is 0 Å². The predicted octanol–water partition coefficient (Wildman–Crippen LogP) is 3.23. The summed E-state index contributed by atoms with van der Waals surface area (Å²) < 4.78 is 11.3. The first kappa shape index (κ1) is 14.7. The van der Waals surface area contributed by atoms with Crippen LogP contribution in [-0.4, -0.2) is 22.8 Å². The zero-order valence-electron chi connectivity index (χ0n) is 11.9. The molecule has 5 nitrogen and oxygen atoms in total. The van der Waals surface area contributed by atoms with E-state index in [1.165, 1.54) is 11.3 Å². The molecule has 0 fully saturated rings. The summed E-state index contributed by atoms with van der Waals surface area (Å²) in [5.41, 5.74) is 0. The predicted molar refractivity (Wildman–Crippen MR) is 79.6 cm³/mol. The molecule has 6 heteroatoms. The molecule has 1 aromatic heterocycles. The van der Waals surface area contributed by atoms with Gasteiger partial charge in [-0.2, -0.15) is 0 Å². The molecule has 0 aliphatic heterocycles. The molecule has 0 unspecified atom stereocenters. The average Bonchev–Trinajstić information content (AvgIpc) is 2.87. The second-order valence-corrected chi connectivity index (χ2v) is 5.50. The van der Waals surface area contributed by atoms with Crippen LogP contribution in [0.2, 0.25) is 0 Å². The molecule has 0 saturated heterocycles. The van der Waals surface area contributed by atoms with Gasteiger partial charge in [0.25, 0.3) is 5.19 Å². The van der Waals surface area contributed by atoms with Gasteiger partial charge in [-0.05, 0) is 19.1 Å². The summed E-state index contributed by atoms with van der Waals surface area (Å²) in [6, 6.07) is 7.97. The molecule has 0 aliphatic rings. The van der Waals surface area contributed by atoms with E-state index in [1.54, 1.807) is 0 Å². The Kier molecular flexibility index (Phi) is 5.31. The summed E-state index contributed by atoms with van der Waals surface area (Å²) in [4.78, 5) is 0. The summed E-state index contributed by atoms with van der Waals surface area (Å²) >= 11 is 1.43. The third-order valence-corrected chi connectivity index (χ3v) is 3.26. The lowest BCUT2D eigenvalue weighted by molar-refractivity contribution is 0.320. The number of benzene rings is 1. The first-order valence-corrected chi connectivity index (χ1v) is 7.46. The topological polar surface area (TPSA) is 56.3 Å². The molecule has 1 N–H and O–H groups in total. The summed E-state index contributed by atoms with van der Waals surface area (Å²) in [6.07, 6.45) is 0. The standard InChI is InChI=1S/C14H19N3O2S/c1-4-18-11-7-5-6-8-12(11)19-14-17-16-13(20-14)9-15-10(2)3/h5-8,10,15H,4,9H2,1-3H3. The fraction of sp³-hybridized carbons (Fsp3) is 0.429. The number of nitrogens with one attached hydrogen (secondary N) is 1. The first-order valence-electron chi connectivity index (χ1n) is 6.64. The quantitative estimate of drug-likeness (QED) is 0.849. The van der Waals surface area contributed by atoms with Crippen LogP contribution in [0.4, 0.5) is 0 Å². The highest BCUT2D eigenvalue weighted by Gasteiger charge is 2.10. The zero-order valence-corrected chi connectivity index (χ0v) is 12.7. The van der Waals surface area contributed by atoms with Crippen LogP contribution in [0.1, 0.15) is 25.8 Å². The number of para-hydroxylation sites is 2. The Hall–Kier alpha value is -1.66. The lowest BCUT2D eigenvalue weighted by atomic mass is 10.3. The highest BCUT2D eigenvalue weighted by atomic mass is 32.1. The SMILES string of the molecule is CCOc1ccccc1Oc1nnc(CNC(C)C)s1. The molecular weight excluding hydrogens is 274 g/mol.